The van der Waals surface area contributed by atoms with Gasteiger partial charge in [-0.2, -0.15) is 0 Å². The topological polar surface area (TPSA) is 32.8 Å². The lowest BCUT2D eigenvalue weighted by Crippen LogP contribution is -2.45. The standard InChI is InChI=1S/C14H26N2O2/c1-18-13-6-10-16(11-7-13)14(17)12-15-8-4-2-3-5-9-15/h13H,2-12H2,1H3. The molecule has 0 bridgehead atoms. The number of amides is 1. The Balaban J connectivity index is 1.74. The molecule has 0 aromatic rings. The van der Waals surface area contributed by atoms with E-state index in [1.54, 1.807) is 7.11 Å². The van der Waals surface area contributed by atoms with Crippen LogP contribution in [0.4, 0.5) is 0 Å². The highest BCUT2D eigenvalue weighted by Gasteiger charge is 2.23. The number of hydrogen-bond donors (Lipinski definition) is 0. The second-order valence-electron chi connectivity index (χ2n) is 5.51. The number of piperidine rings is 1. The molecule has 0 atom stereocenters. The van der Waals surface area contributed by atoms with Gasteiger partial charge < -0.3 is 9.64 Å². The fraction of sp³-hybridized carbons (Fsp3) is 0.929. The highest BCUT2D eigenvalue weighted by Crippen LogP contribution is 2.14. The van der Waals surface area contributed by atoms with Gasteiger partial charge in [-0.3, -0.25) is 9.69 Å². The van der Waals surface area contributed by atoms with Gasteiger partial charge in [0, 0.05) is 20.2 Å². The third-order valence-corrected chi connectivity index (χ3v) is 4.19. The average molecular weight is 254 g/mol. The number of likely N-dealkylation sites (tertiary alicyclic amines) is 2. The van der Waals surface area contributed by atoms with E-state index in [1.807, 2.05) is 4.90 Å². The Hall–Kier alpha value is -0.610. The van der Waals surface area contributed by atoms with E-state index in [-0.39, 0.29) is 0 Å². The van der Waals surface area contributed by atoms with Gasteiger partial charge in [0.05, 0.1) is 12.6 Å². The van der Waals surface area contributed by atoms with E-state index in [0.29, 0.717) is 18.6 Å². The molecule has 0 saturated carbocycles. The molecule has 0 spiro atoms. The molecule has 0 unspecified atom stereocenters. The maximum absolute atomic E-state index is 12.2. The quantitative estimate of drug-likeness (QED) is 0.765. The zero-order valence-corrected chi connectivity index (χ0v) is 11.6. The molecule has 0 aliphatic carbocycles. The molecule has 2 rings (SSSR count). The predicted molar refractivity (Wildman–Crippen MR) is 71.5 cm³/mol. The molecule has 0 aromatic heterocycles. The Bertz CT molecular complexity index is 255. The first kappa shape index (κ1) is 13.8. The Morgan fingerprint density at radius 2 is 1.67 bits per heavy atom. The van der Waals surface area contributed by atoms with Crippen LogP contribution in [0.2, 0.25) is 0 Å². The molecule has 18 heavy (non-hydrogen) atoms. The van der Waals surface area contributed by atoms with Crippen molar-refractivity contribution in [2.75, 3.05) is 39.8 Å². The molecule has 2 aliphatic heterocycles. The van der Waals surface area contributed by atoms with E-state index in [0.717, 1.165) is 39.0 Å². The summed E-state index contributed by atoms with van der Waals surface area (Å²) < 4.78 is 5.34. The lowest BCUT2D eigenvalue weighted by molar-refractivity contribution is -0.134. The van der Waals surface area contributed by atoms with Crippen LogP contribution in [0.3, 0.4) is 0 Å². The van der Waals surface area contributed by atoms with Crippen LogP contribution in [0.25, 0.3) is 0 Å². The minimum atomic E-state index is 0.312. The summed E-state index contributed by atoms with van der Waals surface area (Å²) in [4.78, 5) is 16.6. The maximum Gasteiger partial charge on any atom is 0.236 e. The molecule has 2 heterocycles. The average Bonchev–Trinajstić information content (AvgIpc) is 2.67. The summed E-state index contributed by atoms with van der Waals surface area (Å²) in [6.07, 6.45) is 7.48. The highest BCUT2D eigenvalue weighted by atomic mass is 16.5. The first-order chi connectivity index (χ1) is 8.79. The normalized spacial score (nSPS) is 23.9. The second kappa shape index (κ2) is 7.10. The van der Waals surface area contributed by atoms with Crippen molar-refractivity contribution in [1.29, 1.82) is 0 Å². The van der Waals surface area contributed by atoms with E-state index < -0.39 is 0 Å². The number of carbonyl (C=O) groups is 1. The summed E-state index contributed by atoms with van der Waals surface area (Å²) in [5.74, 6) is 0.312. The van der Waals surface area contributed by atoms with Gasteiger partial charge in [0.15, 0.2) is 0 Å². The molecule has 2 aliphatic rings. The number of nitrogens with zero attached hydrogens (tertiary/aromatic N) is 2. The van der Waals surface area contributed by atoms with Crippen molar-refractivity contribution in [2.24, 2.45) is 0 Å². The minimum Gasteiger partial charge on any atom is -0.381 e. The molecule has 0 N–H and O–H groups in total. The van der Waals surface area contributed by atoms with Crippen LogP contribution in [-0.4, -0.2) is 61.6 Å². The van der Waals surface area contributed by atoms with Crippen LogP contribution >= 0.6 is 0 Å². The third kappa shape index (κ3) is 3.95. The molecule has 4 nitrogen and oxygen atoms in total. The molecule has 0 radical (unpaired) electrons. The van der Waals surface area contributed by atoms with Crippen molar-refractivity contribution in [3.05, 3.63) is 0 Å². The summed E-state index contributed by atoms with van der Waals surface area (Å²) in [5.41, 5.74) is 0. The molecule has 4 heteroatoms. The number of rotatable bonds is 3. The lowest BCUT2D eigenvalue weighted by atomic mass is 10.1. The van der Waals surface area contributed by atoms with E-state index >= 15 is 0 Å². The summed E-state index contributed by atoms with van der Waals surface area (Å²) >= 11 is 0. The first-order valence-electron chi connectivity index (χ1n) is 7.32. The molecular formula is C14H26N2O2. The minimum absolute atomic E-state index is 0.312. The van der Waals surface area contributed by atoms with Crippen molar-refractivity contribution in [1.82, 2.24) is 9.80 Å². The van der Waals surface area contributed by atoms with Gasteiger partial charge >= 0.3 is 0 Å². The van der Waals surface area contributed by atoms with Crippen LogP contribution in [0.15, 0.2) is 0 Å². The predicted octanol–water partition coefficient (Wildman–Crippen LogP) is 1.50. The van der Waals surface area contributed by atoms with Crippen molar-refractivity contribution in [3.8, 4) is 0 Å². The van der Waals surface area contributed by atoms with E-state index in [9.17, 15) is 4.79 Å². The highest BCUT2D eigenvalue weighted by molar-refractivity contribution is 5.78. The van der Waals surface area contributed by atoms with Gasteiger partial charge in [0.2, 0.25) is 5.91 Å². The fourth-order valence-electron chi connectivity index (χ4n) is 2.93. The van der Waals surface area contributed by atoms with Gasteiger partial charge in [-0.1, -0.05) is 12.8 Å². The van der Waals surface area contributed by atoms with Crippen molar-refractivity contribution >= 4 is 5.91 Å². The van der Waals surface area contributed by atoms with Crippen molar-refractivity contribution in [2.45, 2.75) is 44.6 Å². The summed E-state index contributed by atoms with van der Waals surface area (Å²) in [7, 11) is 1.76. The monoisotopic (exact) mass is 254 g/mol. The maximum atomic E-state index is 12.2. The number of ether oxygens (including phenoxy) is 1. The molecular weight excluding hydrogens is 228 g/mol. The number of methoxy groups -OCH3 is 1. The Kier molecular flexibility index (Phi) is 5.45. The Labute approximate surface area is 110 Å². The molecule has 1 amide bonds. The van der Waals surface area contributed by atoms with Crippen molar-refractivity contribution < 1.29 is 9.53 Å². The SMILES string of the molecule is COC1CCN(C(=O)CN2CCCCCC2)CC1. The summed E-state index contributed by atoms with van der Waals surface area (Å²) in [6, 6.07) is 0. The van der Waals surface area contributed by atoms with Gasteiger partial charge in [0.1, 0.15) is 0 Å². The van der Waals surface area contributed by atoms with Crippen LogP contribution in [0, 0.1) is 0 Å². The van der Waals surface area contributed by atoms with Gasteiger partial charge in [0.25, 0.3) is 0 Å². The van der Waals surface area contributed by atoms with Crippen LogP contribution in [0.5, 0.6) is 0 Å². The molecule has 2 saturated heterocycles. The largest absolute Gasteiger partial charge is 0.381 e. The van der Waals surface area contributed by atoms with Gasteiger partial charge in [-0.25, -0.2) is 0 Å². The Morgan fingerprint density at radius 3 is 2.22 bits per heavy atom. The summed E-state index contributed by atoms with van der Waals surface area (Å²) in [5, 5.41) is 0. The molecule has 0 aromatic carbocycles. The number of hydrogen-bond acceptors (Lipinski definition) is 3. The van der Waals surface area contributed by atoms with E-state index in [2.05, 4.69) is 4.90 Å². The van der Waals surface area contributed by atoms with Crippen LogP contribution in [0.1, 0.15) is 38.5 Å². The Morgan fingerprint density at radius 1 is 1.06 bits per heavy atom. The smallest absolute Gasteiger partial charge is 0.236 e. The molecule has 104 valence electrons. The zero-order valence-electron chi connectivity index (χ0n) is 11.6. The van der Waals surface area contributed by atoms with Crippen LogP contribution in [-0.2, 0) is 9.53 Å². The van der Waals surface area contributed by atoms with Crippen LogP contribution < -0.4 is 0 Å². The van der Waals surface area contributed by atoms with Crippen molar-refractivity contribution in [3.63, 3.8) is 0 Å². The first-order valence-corrected chi connectivity index (χ1v) is 7.32. The van der Waals surface area contributed by atoms with Gasteiger partial charge in [-0.05, 0) is 38.8 Å². The fourth-order valence-corrected chi connectivity index (χ4v) is 2.93. The lowest BCUT2D eigenvalue weighted by Gasteiger charge is -2.32. The zero-order chi connectivity index (χ0) is 12.8. The molecule has 2 fully saturated rings. The van der Waals surface area contributed by atoms with Gasteiger partial charge in [-0.15, -0.1) is 0 Å². The van der Waals surface area contributed by atoms with E-state index in [4.69, 9.17) is 4.74 Å². The third-order valence-electron chi connectivity index (χ3n) is 4.19. The summed E-state index contributed by atoms with van der Waals surface area (Å²) in [6.45, 7) is 4.55. The second-order valence-corrected chi connectivity index (χ2v) is 5.51. The number of carbonyl (C=O) groups excluding carboxylic acids is 1. The van der Waals surface area contributed by atoms with E-state index in [1.165, 1.54) is 25.7 Å².